The summed E-state index contributed by atoms with van der Waals surface area (Å²) in [7, 11) is 0. The summed E-state index contributed by atoms with van der Waals surface area (Å²) in [6, 6.07) is 24.3. The van der Waals surface area contributed by atoms with Crippen LogP contribution in [0.3, 0.4) is 0 Å². The van der Waals surface area contributed by atoms with Crippen LogP contribution in [0.5, 0.6) is 0 Å². The molecule has 4 rings (SSSR count). The van der Waals surface area contributed by atoms with Crippen molar-refractivity contribution in [2.24, 2.45) is 5.10 Å². The van der Waals surface area contributed by atoms with Gasteiger partial charge < -0.3 is 4.55 Å². The Balaban J connectivity index is 1.68. The molecule has 0 saturated heterocycles. The topological polar surface area (TPSA) is 55.7 Å². The number of halogens is 1. The maximum absolute atomic E-state index is 13.3. The summed E-state index contributed by atoms with van der Waals surface area (Å²) < 4.78 is 13.0. The maximum Gasteiger partial charge on any atom is 0.280 e. The first-order valence-corrected chi connectivity index (χ1v) is 12.4. The molecule has 0 bridgehead atoms. The van der Waals surface area contributed by atoms with Gasteiger partial charge in [-0.3, -0.25) is 4.79 Å². The highest BCUT2D eigenvalue weighted by Gasteiger charge is 2.34. The molecular formula is C27H25ClN2O2S. The number of hydrazone groups is 1. The summed E-state index contributed by atoms with van der Waals surface area (Å²) in [5.41, 5.74) is 3.77. The summed E-state index contributed by atoms with van der Waals surface area (Å²) >= 11 is 4.59. The van der Waals surface area contributed by atoms with Gasteiger partial charge in [-0.15, -0.1) is 0 Å². The number of hydrogen-bond acceptors (Lipinski definition) is 3. The molecule has 0 fully saturated rings. The van der Waals surface area contributed by atoms with Crippen LogP contribution in [0.15, 0.2) is 94.4 Å². The number of anilines is 1. The number of hydrogen-bond donors (Lipinski definition) is 0. The molecule has 3 aromatic rings. The molecule has 0 aromatic heterocycles. The minimum atomic E-state index is -1.37. The monoisotopic (exact) mass is 476 g/mol. The second-order valence-corrected chi connectivity index (χ2v) is 10.8. The molecule has 1 atom stereocenters. The third-order valence-corrected chi connectivity index (χ3v) is 6.97. The predicted molar refractivity (Wildman–Crippen MR) is 137 cm³/mol. The van der Waals surface area contributed by atoms with Gasteiger partial charge in [0.1, 0.15) is 5.71 Å². The SMILES string of the molecule is CC(C)(C)c1ccc(/C=C2/C(=O)N(c3ccccc3)N=C2C[S+]([O-])c2ccc(Cl)cc2)cc1. The Morgan fingerprint density at radius 2 is 1.61 bits per heavy atom. The smallest absolute Gasteiger partial charge is 0.280 e. The number of rotatable bonds is 5. The average molecular weight is 477 g/mol. The van der Waals surface area contributed by atoms with Crippen LogP contribution < -0.4 is 5.01 Å². The zero-order chi connectivity index (χ0) is 23.6. The predicted octanol–water partition coefficient (Wildman–Crippen LogP) is 6.23. The largest absolute Gasteiger partial charge is 0.611 e. The third kappa shape index (κ3) is 5.38. The number of amides is 1. The molecule has 1 unspecified atom stereocenters. The van der Waals surface area contributed by atoms with Crippen LogP contribution in [0.25, 0.3) is 6.08 Å². The number of carbonyl (C=O) groups is 1. The van der Waals surface area contributed by atoms with Crippen molar-refractivity contribution < 1.29 is 9.35 Å². The molecule has 3 aromatic carbocycles. The van der Waals surface area contributed by atoms with Crippen LogP contribution in [0, 0.1) is 0 Å². The molecule has 0 spiro atoms. The Labute approximate surface area is 202 Å². The molecule has 168 valence electrons. The van der Waals surface area contributed by atoms with Crippen LogP contribution >= 0.6 is 11.6 Å². The zero-order valence-electron chi connectivity index (χ0n) is 18.8. The normalized spacial score (nSPS) is 16.3. The fourth-order valence-electron chi connectivity index (χ4n) is 3.49. The van der Waals surface area contributed by atoms with Gasteiger partial charge in [0.05, 0.1) is 11.3 Å². The lowest BCUT2D eigenvalue weighted by Gasteiger charge is -2.18. The summed E-state index contributed by atoms with van der Waals surface area (Å²) in [5, 5.41) is 6.53. The van der Waals surface area contributed by atoms with Gasteiger partial charge in [0, 0.05) is 5.02 Å². The summed E-state index contributed by atoms with van der Waals surface area (Å²) in [4.78, 5) is 14.0. The Hall–Kier alpha value is -2.86. The molecule has 0 saturated carbocycles. The molecule has 1 heterocycles. The van der Waals surface area contributed by atoms with Crippen molar-refractivity contribution in [3.63, 3.8) is 0 Å². The first-order valence-electron chi connectivity index (χ1n) is 10.7. The van der Waals surface area contributed by atoms with Gasteiger partial charge >= 0.3 is 0 Å². The van der Waals surface area contributed by atoms with Crippen LogP contribution in [-0.4, -0.2) is 21.9 Å². The van der Waals surface area contributed by atoms with E-state index < -0.39 is 11.2 Å². The van der Waals surface area contributed by atoms with E-state index >= 15 is 0 Å². The van der Waals surface area contributed by atoms with Gasteiger partial charge in [0.25, 0.3) is 5.91 Å². The highest BCUT2D eigenvalue weighted by molar-refractivity contribution is 7.92. The van der Waals surface area contributed by atoms with E-state index in [0.29, 0.717) is 26.9 Å². The van der Waals surface area contributed by atoms with E-state index in [-0.39, 0.29) is 17.1 Å². The Morgan fingerprint density at radius 1 is 0.970 bits per heavy atom. The second kappa shape index (κ2) is 9.56. The third-order valence-electron chi connectivity index (χ3n) is 5.39. The van der Waals surface area contributed by atoms with Gasteiger partial charge in [-0.1, -0.05) is 74.8 Å². The van der Waals surface area contributed by atoms with Crippen molar-refractivity contribution in [2.45, 2.75) is 31.1 Å². The van der Waals surface area contributed by atoms with Crippen LogP contribution in [-0.2, 0) is 21.4 Å². The van der Waals surface area contributed by atoms with Gasteiger partial charge in [-0.25, -0.2) is 0 Å². The molecular weight excluding hydrogens is 452 g/mol. The zero-order valence-corrected chi connectivity index (χ0v) is 20.4. The number of nitrogens with zero attached hydrogens (tertiary/aromatic N) is 2. The summed E-state index contributed by atoms with van der Waals surface area (Å²) in [6.07, 6.45) is 1.83. The molecule has 0 radical (unpaired) electrons. The fraction of sp³-hybridized carbons (Fsp3) is 0.185. The van der Waals surface area contributed by atoms with E-state index in [1.165, 1.54) is 10.6 Å². The number of carbonyl (C=O) groups excluding carboxylic acids is 1. The molecule has 4 nitrogen and oxygen atoms in total. The Morgan fingerprint density at radius 3 is 2.21 bits per heavy atom. The molecule has 33 heavy (non-hydrogen) atoms. The molecule has 1 amide bonds. The standard InChI is InChI=1S/C27H25ClN2O2S/c1-27(2,3)20-11-9-19(10-12-20)17-24-25(18-33(32)23-15-13-21(28)14-16-23)29-30(26(24)31)22-7-5-4-6-8-22/h4-17H,18H2,1-3H3/b24-17+. The lowest BCUT2D eigenvalue weighted by molar-refractivity contribution is -0.114. The van der Waals surface area contributed by atoms with E-state index in [2.05, 4.69) is 38.0 Å². The molecule has 6 heteroatoms. The van der Waals surface area contributed by atoms with Crippen molar-refractivity contribution in [1.82, 2.24) is 0 Å². The molecule has 1 aliphatic rings. The van der Waals surface area contributed by atoms with Crippen LogP contribution in [0.1, 0.15) is 31.9 Å². The fourth-order valence-corrected chi connectivity index (χ4v) is 4.69. The van der Waals surface area contributed by atoms with E-state index in [1.807, 2.05) is 48.5 Å². The van der Waals surface area contributed by atoms with Gasteiger partial charge in [-0.2, -0.15) is 10.1 Å². The van der Waals surface area contributed by atoms with E-state index in [9.17, 15) is 9.35 Å². The lowest BCUT2D eigenvalue weighted by atomic mass is 9.86. The van der Waals surface area contributed by atoms with Crippen LogP contribution in [0.4, 0.5) is 5.69 Å². The molecule has 0 aliphatic carbocycles. The lowest BCUT2D eigenvalue weighted by Crippen LogP contribution is -2.22. The first kappa shape index (κ1) is 23.3. The highest BCUT2D eigenvalue weighted by Crippen LogP contribution is 2.28. The first-order chi connectivity index (χ1) is 15.7. The highest BCUT2D eigenvalue weighted by atomic mass is 35.5. The van der Waals surface area contributed by atoms with Gasteiger partial charge in [0.15, 0.2) is 10.6 Å². The van der Waals surface area contributed by atoms with Crippen molar-refractivity contribution in [2.75, 3.05) is 10.8 Å². The minimum absolute atomic E-state index is 0.0427. The Kier molecular flexibility index (Phi) is 6.75. The summed E-state index contributed by atoms with van der Waals surface area (Å²) in [6.45, 7) is 6.49. The van der Waals surface area contributed by atoms with Crippen molar-refractivity contribution in [3.05, 3.63) is 101 Å². The maximum atomic E-state index is 13.3. The van der Waals surface area contributed by atoms with Gasteiger partial charge in [0.2, 0.25) is 0 Å². The van der Waals surface area contributed by atoms with Crippen LogP contribution in [0.2, 0.25) is 5.02 Å². The van der Waals surface area contributed by atoms with Crippen molar-refractivity contribution in [1.29, 1.82) is 0 Å². The van der Waals surface area contributed by atoms with Crippen molar-refractivity contribution >= 4 is 46.2 Å². The quantitative estimate of drug-likeness (QED) is 0.323. The number of para-hydroxylation sites is 1. The average Bonchev–Trinajstić information content (AvgIpc) is 3.09. The summed E-state index contributed by atoms with van der Waals surface area (Å²) in [5.74, 6) is -0.105. The number of benzene rings is 3. The van der Waals surface area contributed by atoms with Gasteiger partial charge in [-0.05, 0) is 70.2 Å². The van der Waals surface area contributed by atoms with E-state index in [1.54, 1.807) is 24.3 Å². The van der Waals surface area contributed by atoms with E-state index in [4.69, 9.17) is 11.6 Å². The van der Waals surface area contributed by atoms with Crippen molar-refractivity contribution in [3.8, 4) is 0 Å². The second-order valence-electron chi connectivity index (χ2n) is 8.87. The van der Waals surface area contributed by atoms with E-state index in [0.717, 1.165) is 5.56 Å². The minimum Gasteiger partial charge on any atom is -0.611 e. The molecule has 0 N–H and O–H groups in total. The Bertz CT molecular complexity index is 1200. The molecule has 1 aliphatic heterocycles.